The average Bonchev–Trinajstić information content (AvgIpc) is 2.76. The standard InChI is InChI=1S/C12H14N4O4S/c1-9-7-10(14-15(9)2)8-13-21(19,20)12-6-4-3-5-11(12)16(17)18/h3-7,13H,8H2,1-2H3. The summed E-state index contributed by atoms with van der Waals surface area (Å²) in [4.78, 5) is 9.81. The maximum absolute atomic E-state index is 12.2. The molecule has 0 aliphatic rings. The third kappa shape index (κ3) is 3.26. The number of para-hydroxylation sites is 1. The van der Waals surface area contributed by atoms with Crippen LogP contribution < -0.4 is 4.72 Å². The fourth-order valence-electron chi connectivity index (χ4n) is 1.80. The fraction of sp³-hybridized carbons (Fsp3) is 0.250. The number of hydrogen-bond acceptors (Lipinski definition) is 5. The molecule has 2 aromatic rings. The number of aryl methyl sites for hydroxylation is 2. The predicted molar refractivity (Wildman–Crippen MR) is 75.1 cm³/mol. The van der Waals surface area contributed by atoms with Crippen molar-refractivity contribution in [3.05, 3.63) is 51.8 Å². The number of aromatic nitrogens is 2. The number of sulfonamides is 1. The Morgan fingerprint density at radius 2 is 2.05 bits per heavy atom. The van der Waals surface area contributed by atoms with Crippen LogP contribution >= 0.6 is 0 Å². The Labute approximate surface area is 121 Å². The van der Waals surface area contributed by atoms with Crippen molar-refractivity contribution in [2.45, 2.75) is 18.4 Å². The zero-order valence-corrected chi connectivity index (χ0v) is 12.3. The lowest BCUT2D eigenvalue weighted by Gasteiger charge is -2.05. The molecule has 2 rings (SSSR count). The molecule has 8 nitrogen and oxygen atoms in total. The van der Waals surface area contributed by atoms with E-state index in [4.69, 9.17) is 0 Å². The molecule has 1 heterocycles. The SMILES string of the molecule is Cc1cc(CNS(=O)(=O)c2ccccc2[N+](=O)[O-])nn1C. The molecule has 0 saturated carbocycles. The van der Waals surface area contributed by atoms with Crippen molar-refractivity contribution < 1.29 is 13.3 Å². The Balaban J connectivity index is 2.25. The highest BCUT2D eigenvalue weighted by atomic mass is 32.2. The first-order chi connectivity index (χ1) is 9.81. The molecule has 0 bridgehead atoms. The van der Waals surface area contributed by atoms with Gasteiger partial charge in [0.05, 0.1) is 17.2 Å². The summed E-state index contributed by atoms with van der Waals surface area (Å²) in [6, 6.07) is 6.94. The topological polar surface area (TPSA) is 107 Å². The van der Waals surface area contributed by atoms with Crippen LogP contribution in [0.1, 0.15) is 11.4 Å². The van der Waals surface area contributed by atoms with Crippen molar-refractivity contribution in [2.24, 2.45) is 7.05 Å². The molecule has 0 unspecified atom stereocenters. The van der Waals surface area contributed by atoms with Crippen LogP contribution in [-0.2, 0) is 23.6 Å². The Hall–Kier alpha value is -2.26. The van der Waals surface area contributed by atoms with Crippen molar-refractivity contribution in [1.82, 2.24) is 14.5 Å². The zero-order chi connectivity index (χ0) is 15.6. The van der Waals surface area contributed by atoms with Crippen molar-refractivity contribution in [2.75, 3.05) is 0 Å². The number of nitro groups is 1. The Morgan fingerprint density at radius 3 is 2.62 bits per heavy atom. The molecule has 21 heavy (non-hydrogen) atoms. The molecule has 0 saturated heterocycles. The normalized spacial score (nSPS) is 11.5. The first-order valence-corrected chi connectivity index (χ1v) is 7.52. The quantitative estimate of drug-likeness (QED) is 0.657. The van der Waals surface area contributed by atoms with Gasteiger partial charge in [0.25, 0.3) is 5.69 Å². The second kappa shape index (κ2) is 5.62. The van der Waals surface area contributed by atoms with E-state index in [2.05, 4.69) is 9.82 Å². The van der Waals surface area contributed by atoms with Gasteiger partial charge >= 0.3 is 0 Å². The van der Waals surface area contributed by atoms with Gasteiger partial charge in [0.2, 0.25) is 10.0 Å². The third-order valence-electron chi connectivity index (χ3n) is 2.96. The van der Waals surface area contributed by atoms with Crippen LogP contribution in [0.15, 0.2) is 35.2 Å². The molecule has 0 atom stereocenters. The monoisotopic (exact) mass is 310 g/mol. The van der Waals surface area contributed by atoms with Gasteiger partial charge < -0.3 is 0 Å². The highest BCUT2D eigenvalue weighted by molar-refractivity contribution is 7.89. The van der Waals surface area contributed by atoms with Crippen molar-refractivity contribution in [1.29, 1.82) is 0 Å². The molecular formula is C12H14N4O4S. The highest BCUT2D eigenvalue weighted by Gasteiger charge is 2.24. The maximum atomic E-state index is 12.2. The maximum Gasteiger partial charge on any atom is 0.289 e. The third-order valence-corrected chi connectivity index (χ3v) is 4.41. The number of nitro benzene ring substituents is 1. The van der Waals surface area contributed by atoms with Crippen molar-refractivity contribution >= 4 is 15.7 Å². The summed E-state index contributed by atoms with van der Waals surface area (Å²) in [5, 5.41) is 15.0. The van der Waals surface area contributed by atoms with Gasteiger partial charge in [-0.05, 0) is 19.1 Å². The number of benzene rings is 1. The van der Waals surface area contributed by atoms with Gasteiger partial charge in [0, 0.05) is 18.8 Å². The molecular weight excluding hydrogens is 296 g/mol. The molecule has 0 radical (unpaired) electrons. The molecule has 0 fully saturated rings. The Kier molecular flexibility index (Phi) is 4.05. The van der Waals surface area contributed by atoms with Crippen molar-refractivity contribution in [3.8, 4) is 0 Å². The largest absolute Gasteiger partial charge is 0.289 e. The van der Waals surface area contributed by atoms with E-state index in [1.807, 2.05) is 6.92 Å². The van der Waals surface area contributed by atoms with Gasteiger partial charge in [-0.2, -0.15) is 5.10 Å². The second-order valence-corrected chi connectivity index (χ2v) is 6.19. The van der Waals surface area contributed by atoms with Gasteiger partial charge in [-0.3, -0.25) is 14.8 Å². The summed E-state index contributed by atoms with van der Waals surface area (Å²) in [6.45, 7) is 1.81. The summed E-state index contributed by atoms with van der Waals surface area (Å²) < 4.78 is 28.3. The number of rotatable bonds is 5. The molecule has 1 aromatic carbocycles. The summed E-state index contributed by atoms with van der Waals surface area (Å²) in [5.41, 5.74) is 0.967. The lowest BCUT2D eigenvalue weighted by Crippen LogP contribution is -2.24. The first kappa shape index (κ1) is 15.1. The summed E-state index contributed by atoms with van der Waals surface area (Å²) in [7, 11) is -2.23. The van der Waals surface area contributed by atoms with Crippen LogP contribution in [0.3, 0.4) is 0 Å². The van der Waals surface area contributed by atoms with Gasteiger partial charge in [-0.15, -0.1) is 0 Å². The van der Waals surface area contributed by atoms with Gasteiger partial charge in [0.1, 0.15) is 0 Å². The Bertz CT molecular complexity index is 763. The predicted octanol–water partition coefficient (Wildman–Crippen LogP) is 1.12. The Morgan fingerprint density at radius 1 is 1.38 bits per heavy atom. The minimum absolute atomic E-state index is 0.0317. The van der Waals surface area contributed by atoms with E-state index in [-0.39, 0.29) is 11.4 Å². The molecule has 1 N–H and O–H groups in total. The van der Waals surface area contributed by atoms with Crippen LogP contribution in [0, 0.1) is 17.0 Å². The minimum atomic E-state index is -3.98. The van der Waals surface area contributed by atoms with Crippen LogP contribution in [0.2, 0.25) is 0 Å². The molecule has 0 spiro atoms. The van der Waals surface area contributed by atoms with Crippen LogP contribution in [-0.4, -0.2) is 23.1 Å². The van der Waals surface area contributed by atoms with E-state index in [0.717, 1.165) is 11.8 Å². The smallest absolute Gasteiger partial charge is 0.273 e. The lowest BCUT2D eigenvalue weighted by molar-refractivity contribution is -0.387. The molecule has 9 heteroatoms. The first-order valence-electron chi connectivity index (χ1n) is 6.04. The minimum Gasteiger partial charge on any atom is -0.273 e. The van der Waals surface area contributed by atoms with Gasteiger partial charge in [-0.25, -0.2) is 13.1 Å². The fourth-order valence-corrected chi connectivity index (χ4v) is 2.97. The van der Waals surface area contributed by atoms with Gasteiger partial charge in [0.15, 0.2) is 4.90 Å². The second-order valence-electron chi connectivity index (χ2n) is 4.45. The number of hydrogen-bond donors (Lipinski definition) is 1. The van der Waals surface area contributed by atoms with E-state index < -0.39 is 20.6 Å². The molecule has 112 valence electrons. The van der Waals surface area contributed by atoms with E-state index >= 15 is 0 Å². The molecule has 0 amide bonds. The van der Waals surface area contributed by atoms with Crippen LogP contribution in [0.5, 0.6) is 0 Å². The summed E-state index contributed by atoms with van der Waals surface area (Å²) in [5.74, 6) is 0. The number of nitrogens with one attached hydrogen (secondary N) is 1. The lowest BCUT2D eigenvalue weighted by atomic mass is 10.3. The van der Waals surface area contributed by atoms with E-state index in [0.29, 0.717) is 5.69 Å². The molecule has 0 aliphatic heterocycles. The van der Waals surface area contributed by atoms with Gasteiger partial charge in [-0.1, -0.05) is 12.1 Å². The van der Waals surface area contributed by atoms with Crippen LogP contribution in [0.25, 0.3) is 0 Å². The van der Waals surface area contributed by atoms with Crippen molar-refractivity contribution in [3.63, 3.8) is 0 Å². The molecule has 0 aliphatic carbocycles. The van der Waals surface area contributed by atoms with E-state index in [1.165, 1.54) is 18.2 Å². The summed E-state index contributed by atoms with van der Waals surface area (Å²) >= 11 is 0. The highest BCUT2D eigenvalue weighted by Crippen LogP contribution is 2.22. The average molecular weight is 310 g/mol. The summed E-state index contributed by atoms with van der Waals surface area (Å²) in [6.07, 6.45) is 0. The molecule has 1 aromatic heterocycles. The van der Waals surface area contributed by atoms with Crippen LogP contribution in [0.4, 0.5) is 5.69 Å². The van der Waals surface area contributed by atoms with E-state index in [1.54, 1.807) is 17.8 Å². The zero-order valence-electron chi connectivity index (χ0n) is 11.5. The van der Waals surface area contributed by atoms with E-state index in [9.17, 15) is 18.5 Å². The number of nitrogens with zero attached hydrogens (tertiary/aromatic N) is 3.